The fourth-order valence-corrected chi connectivity index (χ4v) is 2.45. The van der Waals surface area contributed by atoms with Crippen molar-refractivity contribution in [2.24, 2.45) is 5.73 Å². The van der Waals surface area contributed by atoms with Crippen LogP contribution >= 0.6 is 0 Å². The molecular formula is C9H20N2O2S. The SMILES string of the molecule is CNC(=O)CCCS(=O)CC(C)(C)N. The van der Waals surface area contributed by atoms with Gasteiger partial charge in [-0.3, -0.25) is 9.00 Å². The van der Waals surface area contributed by atoms with Crippen molar-refractivity contribution >= 4 is 16.7 Å². The van der Waals surface area contributed by atoms with E-state index in [0.29, 0.717) is 24.3 Å². The largest absolute Gasteiger partial charge is 0.359 e. The van der Waals surface area contributed by atoms with Gasteiger partial charge >= 0.3 is 0 Å². The maximum Gasteiger partial charge on any atom is 0.219 e. The van der Waals surface area contributed by atoms with Gasteiger partial charge in [0.2, 0.25) is 5.91 Å². The fraction of sp³-hybridized carbons (Fsp3) is 0.889. The van der Waals surface area contributed by atoms with Gasteiger partial charge in [0, 0.05) is 41.3 Å². The number of nitrogens with two attached hydrogens (primary N) is 1. The number of hydrogen-bond acceptors (Lipinski definition) is 3. The number of carbonyl (C=O) groups excluding carboxylic acids is 1. The topological polar surface area (TPSA) is 72.2 Å². The highest BCUT2D eigenvalue weighted by Crippen LogP contribution is 2.02. The smallest absolute Gasteiger partial charge is 0.219 e. The summed E-state index contributed by atoms with van der Waals surface area (Å²) in [7, 11) is 0.687. The Balaban J connectivity index is 3.60. The van der Waals surface area contributed by atoms with E-state index in [4.69, 9.17) is 5.73 Å². The van der Waals surface area contributed by atoms with Crippen molar-refractivity contribution in [1.82, 2.24) is 5.32 Å². The molecular weight excluding hydrogens is 200 g/mol. The van der Waals surface area contributed by atoms with E-state index in [1.165, 1.54) is 0 Å². The minimum absolute atomic E-state index is 0.00555. The van der Waals surface area contributed by atoms with E-state index in [0.717, 1.165) is 0 Å². The summed E-state index contributed by atoms with van der Waals surface area (Å²) < 4.78 is 11.4. The molecule has 4 nitrogen and oxygen atoms in total. The monoisotopic (exact) mass is 220 g/mol. The molecule has 0 saturated carbocycles. The predicted octanol–water partition coefficient (Wildman–Crippen LogP) is -0.00140. The molecule has 0 rings (SSSR count). The molecule has 0 aliphatic rings. The van der Waals surface area contributed by atoms with Crippen LogP contribution in [0.1, 0.15) is 26.7 Å². The molecule has 0 aromatic heterocycles. The van der Waals surface area contributed by atoms with E-state index in [1.807, 2.05) is 13.8 Å². The Morgan fingerprint density at radius 1 is 1.50 bits per heavy atom. The van der Waals surface area contributed by atoms with Gasteiger partial charge in [-0.2, -0.15) is 0 Å². The fourth-order valence-electron chi connectivity index (χ4n) is 1.01. The zero-order chi connectivity index (χ0) is 11.2. The standard InChI is InChI=1S/C9H20N2O2S/c1-9(2,10)7-14(13)6-4-5-8(12)11-3/h4-7,10H2,1-3H3,(H,11,12). The molecule has 0 saturated heterocycles. The Morgan fingerprint density at radius 3 is 2.50 bits per heavy atom. The molecule has 84 valence electrons. The van der Waals surface area contributed by atoms with Crippen molar-refractivity contribution in [2.75, 3.05) is 18.6 Å². The first-order chi connectivity index (χ1) is 6.35. The molecule has 5 heteroatoms. The second-order valence-electron chi connectivity index (χ2n) is 4.05. The van der Waals surface area contributed by atoms with Crippen LogP contribution in [0.2, 0.25) is 0 Å². The van der Waals surface area contributed by atoms with E-state index in [2.05, 4.69) is 5.32 Å². The van der Waals surface area contributed by atoms with Crippen molar-refractivity contribution < 1.29 is 9.00 Å². The normalized spacial score (nSPS) is 13.7. The van der Waals surface area contributed by atoms with Gasteiger partial charge in [0.1, 0.15) is 0 Å². The minimum Gasteiger partial charge on any atom is -0.359 e. The zero-order valence-corrected chi connectivity index (χ0v) is 9.95. The number of rotatable bonds is 6. The summed E-state index contributed by atoms with van der Waals surface area (Å²) in [4.78, 5) is 10.8. The Labute approximate surface area is 88.1 Å². The highest BCUT2D eigenvalue weighted by atomic mass is 32.2. The number of hydrogen-bond donors (Lipinski definition) is 2. The van der Waals surface area contributed by atoms with E-state index in [9.17, 15) is 9.00 Å². The van der Waals surface area contributed by atoms with Crippen molar-refractivity contribution in [1.29, 1.82) is 0 Å². The van der Waals surface area contributed by atoms with Gasteiger partial charge in [0.25, 0.3) is 0 Å². The molecule has 3 N–H and O–H groups in total. The molecule has 1 atom stereocenters. The second-order valence-corrected chi connectivity index (χ2v) is 5.63. The van der Waals surface area contributed by atoms with Gasteiger partial charge in [-0.1, -0.05) is 0 Å². The molecule has 0 aliphatic carbocycles. The first kappa shape index (κ1) is 13.6. The van der Waals surface area contributed by atoms with E-state index in [1.54, 1.807) is 7.05 Å². The van der Waals surface area contributed by atoms with Gasteiger partial charge in [-0.05, 0) is 20.3 Å². The average molecular weight is 220 g/mol. The predicted molar refractivity (Wildman–Crippen MR) is 59.4 cm³/mol. The molecule has 0 radical (unpaired) electrons. The summed E-state index contributed by atoms with van der Waals surface area (Å²) in [5, 5.41) is 2.52. The number of carbonyl (C=O) groups is 1. The summed E-state index contributed by atoms with van der Waals surface area (Å²) in [6.07, 6.45) is 1.09. The summed E-state index contributed by atoms with van der Waals surface area (Å²) >= 11 is 0. The lowest BCUT2D eigenvalue weighted by Gasteiger charge is -2.17. The average Bonchev–Trinajstić information content (AvgIpc) is 2.00. The van der Waals surface area contributed by atoms with Crippen molar-refractivity contribution in [3.05, 3.63) is 0 Å². The van der Waals surface area contributed by atoms with Gasteiger partial charge in [-0.25, -0.2) is 0 Å². The third-order valence-electron chi connectivity index (χ3n) is 1.59. The summed E-state index contributed by atoms with van der Waals surface area (Å²) in [6.45, 7) is 3.70. The van der Waals surface area contributed by atoms with Crippen LogP contribution in [0, 0.1) is 0 Å². The van der Waals surface area contributed by atoms with Crippen LogP contribution < -0.4 is 11.1 Å². The van der Waals surface area contributed by atoms with Crippen LogP contribution in [0.4, 0.5) is 0 Å². The second kappa shape index (κ2) is 6.14. The van der Waals surface area contributed by atoms with Crippen LogP contribution in [-0.4, -0.2) is 34.2 Å². The van der Waals surface area contributed by atoms with Crippen molar-refractivity contribution in [3.8, 4) is 0 Å². The first-order valence-corrected chi connectivity index (χ1v) is 6.18. The molecule has 0 heterocycles. The third kappa shape index (κ3) is 8.19. The molecule has 1 unspecified atom stereocenters. The Hall–Kier alpha value is -0.420. The third-order valence-corrected chi connectivity index (χ3v) is 3.40. The van der Waals surface area contributed by atoms with Crippen LogP contribution in [-0.2, 0) is 15.6 Å². The van der Waals surface area contributed by atoms with Gasteiger partial charge in [-0.15, -0.1) is 0 Å². The quantitative estimate of drug-likeness (QED) is 0.662. The molecule has 0 fully saturated rings. The van der Waals surface area contributed by atoms with E-state index >= 15 is 0 Å². The van der Waals surface area contributed by atoms with Gasteiger partial charge in [0.15, 0.2) is 0 Å². The lowest BCUT2D eigenvalue weighted by atomic mass is 10.1. The number of nitrogens with one attached hydrogen (secondary N) is 1. The summed E-state index contributed by atoms with van der Waals surface area (Å²) in [5.74, 6) is 1.03. The van der Waals surface area contributed by atoms with Gasteiger partial charge in [0.05, 0.1) is 0 Å². The highest BCUT2D eigenvalue weighted by Gasteiger charge is 2.14. The highest BCUT2D eigenvalue weighted by molar-refractivity contribution is 7.85. The van der Waals surface area contributed by atoms with Crippen LogP contribution in [0.15, 0.2) is 0 Å². The van der Waals surface area contributed by atoms with Crippen LogP contribution in [0.3, 0.4) is 0 Å². The maximum atomic E-state index is 11.4. The first-order valence-electron chi connectivity index (χ1n) is 4.69. The Bertz CT molecular complexity index is 211. The Kier molecular flexibility index (Phi) is 5.95. The lowest BCUT2D eigenvalue weighted by Crippen LogP contribution is -2.38. The van der Waals surface area contributed by atoms with Gasteiger partial charge < -0.3 is 11.1 Å². The Morgan fingerprint density at radius 2 is 2.07 bits per heavy atom. The summed E-state index contributed by atoms with van der Waals surface area (Å²) in [6, 6.07) is 0. The van der Waals surface area contributed by atoms with E-state index < -0.39 is 16.3 Å². The molecule has 0 spiro atoms. The van der Waals surface area contributed by atoms with Crippen LogP contribution in [0.25, 0.3) is 0 Å². The minimum atomic E-state index is -0.913. The zero-order valence-electron chi connectivity index (χ0n) is 9.13. The molecule has 0 aromatic rings. The molecule has 0 aliphatic heterocycles. The van der Waals surface area contributed by atoms with E-state index in [-0.39, 0.29) is 5.91 Å². The molecule has 14 heavy (non-hydrogen) atoms. The molecule has 0 aromatic carbocycles. The lowest BCUT2D eigenvalue weighted by molar-refractivity contribution is -0.120. The maximum absolute atomic E-state index is 11.4. The molecule has 0 bridgehead atoms. The molecule has 1 amide bonds. The van der Waals surface area contributed by atoms with Crippen molar-refractivity contribution in [2.45, 2.75) is 32.2 Å². The summed E-state index contributed by atoms with van der Waals surface area (Å²) in [5.41, 5.74) is 5.33. The number of amides is 1. The van der Waals surface area contributed by atoms with Crippen LogP contribution in [0.5, 0.6) is 0 Å². The van der Waals surface area contributed by atoms with Crippen molar-refractivity contribution in [3.63, 3.8) is 0 Å².